The number of morpholine rings is 1. The lowest BCUT2D eigenvalue weighted by atomic mass is 10.5. The molecule has 9 heteroatoms. The number of pyridine rings is 1. The van der Waals surface area contributed by atoms with E-state index in [-0.39, 0.29) is 10.8 Å². The van der Waals surface area contributed by atoms with Gasteiger partial charge >= 0.3 is 0 Å². The van der Waals surface area contributed by atoms with Crippen LogP contribution in [0.3, 0.4) is 0 Å². The van der Waals surface area contributed by atoms with E-state index in [4.69, 9.17) is 27.9 Å². The molecule has 0 amide bonds. The Bertz CT molecular complexity index is 631. The molecule has 0 N–H and O–H groups in total. The highest BCUT2D eigenvalue weighted by molar-refractivity contribution is 7.99. The molecule has 1 saturated heterocycles. The van der Waals surface area contributed by atoms with Crippen LogP contribution < -0.4 is 0 Å². The third-order valence-corrected chi connectivity index (χ3v) is 7.62. The molecule has 2 fully saturated rings. The molecular weight excluding hydrogens is 367 g/mol. The molecule has 2 aliphatic rings. The third kappa shape index (κ3) is 3.71. The van der Waals surface area contributed by atoms with Gasteiger partial charge in [0.1, 0.15) is 9.23 Å². The summed E-state index contributed by atoms with van der Waals surface area (Å²) in [6.07, 6.45) is 2.21. The third-order valence-electron chi connectivity index (χ3n) is 3.71. The van der Waals surface area contributed by atoms with Crippen molar-refractivity contribution in [3.05, 3.63) is 18.3 Å². The Morgan fingerprint density at radius 1 is 1.36 bits per heavy atom. The van der Waals surface area contributed by atoms with Gasteiger partial charge in [-0.3, -0.25) is 0 Å². The molecule has 22 heavy (non-hydrogen) atoms. The van der Waals surface area contributed by atoms with Gasteiger partial charge in [-0.15, -0.1) is 35.0 Å². The predicted octanol–water partition coefficient (Wildman–Crippen LogP) is 2.39. The topological polar surface area (TPSA) is 59.5 Å². The van der Waals surface area contributed by atoms with Gasteiger partial charge in [0.15, 0.2) is 0 Å². The van der Waals surface area contributed by atoms with Crippen molar-refractivity contribution in [1.29, 1.82) is 0 Å². The van der Waals surface area contributed by atoms with Crippen molar-refractivity contribution < 1.29 is 13.2 Å². The molecule has 122 valence electrons. The van der Waals surface area contributed by atoms with Crippen LogP contribution in [0.2, 0.25) is 0 Å². The van der Waals surface area contributed by atoms with E-state index in [1.807, 2.05) is 0 Å². The average molecular weight is 383 g/mol. The van der Waals surface area contributed by atoms with Crippen molar-refractivity contribution in [1.82, 2.24) is 9.29 Å². The number of thioether (sulfide) groups is 1. The maximum absolute atomic E-state index is 12.4. The molecule has 1 saturated carbocycles. The first kappa shape index (κ1) is 16.8. The lowest BCUT2D eigenvalue weighted by molar-refractivity contribution is 0.0730. The van der Waals surface area contributed by atoms with Crippen LogP contribution in [0, 0.1) is 5.92 Å². The summed E-state index contributed by atoms with van der Waals surface area (Å²) in [7, 11) is -3.48. The number of rotatable bonds is 5. The standard InChI is InChI=1S/C13H16Cl2N2O3S2/c14-13(15)7-10(13)9-21-12-2-1-11(8-16-12)22(18,19)17-3-5-20-6-4-17/h1-2,8,10H,3-7,9H2. The van der Waals surface area contributed by atoms with Crippen LogP contribution in [-0.2, 0) is 14.8 Å². The van der Waals surface area contributed by atoms with Gasteiger partial charge in [0.2, 0.25) is 10.0 Å². The molecule has 1 aliphatic heterocycles. The first-order chi connectivity index (χ1) is 10.4. The van der Waals surface area contributed by atoms with E-state index >= 15 is 0 Å². The van der Waals surface area contributed by atoms with E-state index in [2.05, 4.69) is 4.98 Å². The van der Waals surface area contributed by atoms with Crippen LogP contribution in [0.4, 0.5) is 0 Å². The molecule has 0 radical (unpaired) electrons. The van der Waals surface area contributed by atoms with Gasteiger partial charge in [0.05, 0.1) is 18.2 Å². The van der Waals surface area contributed by atoms with Crippen LogP contribution in [0.5, 0.6) is 0 Å². The summed E-state index contributed by atoms with van der Waals surface area (Å²) in [6.45, 7) is 1.63. The Balaban J connectivity index is 1.63. The van der Waals surface area contributed by atoms with E-state index in [1.54, 1.807) is 12.1 Å². The molecule has 1 aromatic heterocycles. The molecule has 0 spiro atoms. The minimum Gasteiger partial charge on any atom is -0.379 e. The minimum atomic E-state index is -3.48. The number of halogens is 2. The van der Waals surface area contributed by atoms with E-state index < -0.39 is 14.4 Å². The summed E-state index contributed by atoms with van der Waals surface area (Å²) in [6, 6.07) is 3.33. The number of sulfonamides is 1. The summed E-state index contributed by atoms with van der Waals surface area (Å²) < 4.78 is 30.9. The van der Waals surface area contributed by atoms with Crippen molar-refractivity contribution >= 4 is 45.0 Å². The largest absolute Gasteiger partial charge is 0.379 e. The predicted molar refractivity (Wildman–Crippen MR) is 87.1 cm³/mol. The minimum absolute atomic E-state index is 0.217. The van der Waals surface area contributed by atoms with Crippen LogP contribution >= 0.6 is 35.0 Å². The van der Waals surface area contributed by atoms with Crippen molar-refractivity contribution in [3.8, 4) is 0 Å². The zero-order valence-corrected chi connectivity index (χ0v) is 14.9. The zero-order chi connectivity index (χ0) is 15.8. The Labute approximate surface area is 144 Å². The second kappa shape index (κ2) is 6.45. The Hall–Kier alpha value is -0.0500. The van der Waals surface area contributed by atoms with Gasteiger partial charge in [-0.1, -0.05) is 0 Å². The molecular formula is C13H16Cl2N2O3S2. The summed E-state index contributed by atoms with van der Waals surface area (Å²) in [5.41, 5.74) is 0. The number of alkyl halides is 2. The fourth-order valence-electron chi connectivity index (χ4n) is 2.18. The molecule has 2 heterocycles. The highest BCUT2D eigenvalue weighted by Gasteiger charge is 2.51. The zero-order valence-electron chi connectivity index (χ0n) is 11.7. The van der Waals surface area contributed by atoms with E-state index in [0.717, 1.165) is 17.2 Å². The normalized spacial score (nSPS) is 25.1. The fraction of sp³-hybridized carbons (Fsp3) is 0.615. The van der Waals surface area contributed by atoms with Crippen molar-refractivity contribution in [2.24, 2.45) is 5.92 Å². The second-order valence-electron chi connectivity index (χ2n) is 5.32. The van der Waals surface area contributed by atoms with Gasteiger partial charge in [-0.25, -0.2) is 13.4 Å². The maximum atomic E-state index is 12.4. The molecule has 1 aromatic rings. The highest BCUT2D eigenvalue weighted by atomic mass is 35.5. The maximum Gasteiger partial charge on any atom is 0.244 e. The molecule has 3 rings (SSSR count). The van der Waals surface area contributed by atoms with Gasteiger partial charge in [0.25, 0.3) is 0 Å². The SMILES string of the molecule is O=S(=O)(c1ccc(SCC2CC2(Cl)Cl)nc1)N1CCOCC1. The average Bonchev–Trinajstić information content (AvgIpc) is 3.14. The quantitative estimate of drug-likeness (QED) is 0.577. The van der Waals surface area contributed by atoms with Gasteiger partial charge in [-0.2, -0.15) is 4.31 Å². The van der Waals surface area contributed by atoms with Crippen LogP contribution in [0.25, 0.3) is 0 Å². The van der Waals surface area contributed by atoms with Gasteiger partial charge in [-0.05, 0) is 18.6 Å². The Morgan fingerprint density at radius 3 is 2.59 bits per heavy atom. The van der Waals surface area contributed by atoms with Gasteiger partial charge in [0, 0.05) is 31.0 Å². The Morgan fingerprint density at radius 2 is 2.05 bits per heavy atom. The van der Waals surface area contributed by atoms with Crippen LogP contribution in [-0.4, -0.2) is 54.1 Å². The van der Waals surface area contributed by atoms with E-state index in [1.165, 1.54) is 22.3 Å². The molecule has 1 aliphatic carbocycles. The lowest BCUT2D eigenvalue weighted by Gasteiger charge is -2.25. The summed E-state index contributed by atoms with van der Waals surface area (Å²) in [5, 5.41) is 0.775. The number of aromatic nitrogens is 1. The fourth-order valence-corrected chi connectivity index (χ4v) is 5.31. The Kier molecular flexibility index (Phi) is 4.93. The van der Waals surface area contributed by atoms with Crippen molar-refractivity contribution in [2.45, 2.75) is 20.7 Å². The second-order valence-corrected chi connectivity index (χ2v) is 9.84. The van der Waals surface area contributed by atoms with Crippen LogP contribution in [0.1, 0.15) is 6.42 Å². The van der Waals surface area contributed by atoms with Crippen molar-refractivity contribution in [2.75, 3.05) is 32.1 Å². The number of ether oxygens (including phenoxy) is 1. The number of hydrogen-bond acceptors (Lipinski definition) is 5. The number of hydrogen-bond donors (Lipinski definition) is 0. The molecule has 1 unspecified atom stereocenters. The van der Waals surface area contributed by atoms with Crippen LogP contribution in [0.15, 0.2) is 28.3 Å². The monoisotopic (exact) mass is 382 g/mol. The summed E-state index contributed by atoms with van der Waals surface area (Å²) in [5.74, 6) is 1.06. The van der Waals surface area contributed by atoms with E-state index in [9.17, 15) is 8.42 Å². The highest BCUT2D eigenvalue weighted by Crippen LogP contribution is 2.54. The summed E-state index contributed by atoms with van der Waals surface area (Å²) in [4.78, 5) is 4.44. The van der Waals surface area contributed by atoms with E-state index in [0.29, 0.717) is 26.3 Å². The molecule has 0 bridgehead atoms. The van der Waals surface area contributed by atoms with Gasteiger partial charge < -0.3 is 4.74 Å². The smallest absolute Gasteiger partial charge is 0.244 e. The number of nitrogens with zero attached hydrogens (tertiary/aromatic N) is 2. The molecule has 5 nitrogen and oxygen atoms in total. The van der Waals surface area contributed by atoms with Crippen molar-refractivity contribution in [3.63, 3.8) is 0 Å². The molecule has 1 atom stereocenters. The first-order valence-electron chi connectivity index (χ1n) is 6.94. The molecule has 0 aromatic carbocycles. The summed E-state index contributed by atoms with van der Waals surface area (Å²) >= 11 is 13.5. The first-order valence-corrected chi connectivity index (χ1v) is 10.1. The lowest BCUT2D eigenvalue weighted by Crippen LogP contribution is -2.40.